The molecule has 2 aromatic rings. The van der Waals surface area contributed by atoms with Crippen LogP contribution in [0.4, 0.5) is 0 Å². The molecule has 3 rings (SSSR count). The first-order valence-electron chi connectivity index (χ1n) is 9.23. The number of likely N-dealkylation sites (tertiary alicyclic amines) is 1. The molecular formula is C20H30IN5. The molecule has 0 bridgehead atoms. The molecule has 1 aromatic carbocycles. The normalized spacial score (nSPS) is 17.3. The summed E-state index contributed by atoms with van der Waals surface area (Å²) in [5.74, 6) is 1.59. The Hall–Kier alpha value is -1.57. The third kappa shape index (κ3) is 5.46. The SMILES string of the molecule is CCNC(=NCCc1cccc(C)c1)N1CCC(c2cnn(C)c2)C1.I. The van der Waals surface area contributed by atoms with Crippen molar-refractivity contribution in [2.45, 2.75) is 32.6 Å². The molecule has 1 saturated heterocycles. The van der Waals surface area contributed by atoms with E-state index >= 15 is 0 Å². The summed E-state index contributed by atoms with van der Waals surface area (Å²) >= 11 is 0. The van der Waals surface area contributed by atoms with Gasteiger partial charge in [0.1, 0.15) is 0 Å². The Morgan fingerprint density at radius 3 is 2.92 bits per heavy atom. The third-order valence-electron chi connectivity index (χ3n) is 4.76. The van der Waals surface area contributed by atoms with E-state index in [2.05, 4.69) is 59.6 Å². The number of hydrogen-bond donors (Lipinski definition) is 1. The average molecular weight is 467 g/mol. The van der Waals surface area contributed by atoms with Crippen LogP contribution < -0.4 is 5.32 Å². The summed E-state index contributed by atoms with van der Waals surface area (Å²) in [7, 11) is 1.98. The van der Waals surface area contributed by atoms with Crippen LogP contribution in [-0.2, 0) is 13.5 Å². The number of rotatable bonds is 5. The second-order valence-corrected chi connectivity index (χ2v) is 6.85. The van der Waals surface area contributed by atoms with Crippen LogP contribution in [0.3, 0.4) is 0 Å². The molecule has 0 saturated carbocycles. The molecule has 1 aromatic heterocycles. The predicted octanol–water partition coefficient (Wildman–Crippen LogP) is 3.34. The summed E-state index contributed by atoms with van der Waals surface area (Å²) in [6.07, 6.45) is 6.27. The van der Waals surface area contributed by atoms with Crippen molar-refractivity contribution in [3.63, 3.8) is 0 Å². The first-order chi connectivity index (χ1) is 12.2. The highest BCUT2D eigenvalue weighted by Crippen LogP contribution is 2.26. The van der Waals surface area contributed by atoms with Gasteiger partial charge in [-0.1, -0.05) is 29.8 Å². The van der Waals surface area contributed by atoms with Crippen LogP contribution in [-0.4, -0.2) is 46.8 Å². The van der Waals surface area contributed by atoms with Gasteiger partial charge in [-0.2, -0.15) is 5.10 Å². The van der Waals surface area contributed by atoms with E-state index in [1.807, 2.05) is 17.9 Å². The fraction of sp³-hybridized carbons (Fsp3) is 0.500. The number of aromatic nitrogens is 2. The van der Waals surface area contributed by atoms with E-state index in [4.69, 9.17) is 4.99 Å². The molecule has 0 spiro atoms. The standard InChI is InChI=1S/C20H29N5.HI/c1-4-21-20(22-10-8-17-7-5-6-16(2)12-17)25-11-9-18(15-25)19-13-23-24(3)14-19;/h5-7,12-14,18H,4,8-11,15H2,1-3H3,(H,21,22);1H. The van der Waals surface area contributed by atoms with Crippen LogP contribution in [0.25, 0.3) is 0 Å². The van der Waals surface area contributed by atoms with Gasteiger partial charge in [-0.15, -0.1) is 24.0 Å². The van der Waals surface area contributed by atoms with Crippen LogP contribution in [0.2, 0.25) is 0 Å². The molecule has 26 heavy (non-hydrogen) atoms. The second-order valence-electron chi connectivity index (χ2n) is 6.85. The Morgan fingerprint density at radius 1 is 1.38 bits per heavy atom. The summed E-state index contributed by atoms with van der Waals surface area (Å²) < 4.78 is 1.89. The van der Waals surface area contributed by atoms with E-state index in [0.717, 1.165) is 45.0 Å². The lowest BCUT2D eigenvalue weighted by atomic mass is 10.0. The Balaban J connectivity index is 0.00000243. The maximum atomic E-state index is 4.86. The van der Waals surface area contributed by atoms with Crippen molar-refractivity contribution in [1.29, 1.82) is 0 Å². The van der Waals surface area contributed by atoms with Gasteiger partial charge in [-0.3, -0.25) is 9.67 Å². The fourth-order valence-electron chi connectivity index (χ4n) is 3.46. The van der Waals surface area contributed by atoms with Gasteiger partial charge in [-0.05, 0) is 37.8 Å². The molecule has 1 aliphatic rings. The number of nitrogens with zero attached hydrogens (tertiary/aromatic N) is 4. The predicted molar refractivity (Wildman–Crippen MR) is 118 cm³/mol. The maximum absolute atomic E-state index is 4.86. The molecule has 142 valence electrons. The zero-order chi connectivity index (χ0) is 17.6. The first kappa shape index (κ1) is 20.7. The van der Waals surface area contributed by atoms with Gasteiger partial charge in [0, 0.05) is 45.3 Å². The van der Waals surface area contributed by atoms with Crippen molar-refractivity contribution in [2.24, 2.45) is 12.0 Å². The van der Waals surface area contributed by atoms with Gasteiger partial charge in [0.15, 0.2) is 5.96 Å². The lowest BCUT2D eigenvalue weighted by Gasteiger charge is -2.21. The minimum Gasteiger partial charge on any atom is -0.357 e. The molecule has 1 fully saturated rings. The second kappa shape index (κ2) is 9.94. The van der Waals surface area contributed by atoms with Gasteiger partial charge in [-0.25, -0.2) is 0 Å². The topological polar surface area (TPSA) is 45.5 Å². The minimum atomic E-state index is 0. The molecule has 5 nitrogen and oxygen atoms in total. The molecule has 0 aliphatic carbocycles. The smallest absolute Gasteiger partial charge is 0.193 e. The Morgan fingerprint density at radius 2 is 2.23 bits per heavy atom. The largest absolute Gasteiger partial charge is 0.357 e. The Labute approximate surface area is 173 Å². The average Bonchev–Trinajstić information content (AvgIpc) is 3.23. The summed E-state index contributed by atoms with van der Waals surface area (Å²) in [5.41, 5.74) is 4.00. The number of hydrogen-bond acceptors (Lipinski definition) is 2. The van der Waals surface area contributed by atoms with E-state index in [0.29, 0.717) is 5.92 Å². The highest BCUT2D eigenvalue weighted by Gasteiger charge is 2.26. The molecule has 0 radical (unpaired) electrons. The van der Waals surface area contributed by atoms with Crippen molar-refractivity contribution in [3.8, 4) is 0 Å². The highest BCUT2D eigenvalue weighted by atomic mass is 127. The molecule has 6 heteroatoms. The van der Waals surface area contributed by atoms with Crippen LogP contribution >= 0.6 is 24.0 Å². The first-order valence-corrected chi connectivity index (χ1v) is 9.23. The van der Waals surface area contributed by atoms with Gasteiger partial charge in [0.2, 0.25) is 0 Å². The molecule has 1 aliphatic heterocycles. The van der Waals surface area contributed by atoms with Crippen molar-refractivity contribution in [3.05, 3.63) is 53.3 Å². The van der Waals surface area contributed by atoms with E-state index in [-0.39, 0.29) is 24.0 Å². The number of nitrogens with one attached hydrogen (secondary N) is 1. The summed E-state index contributed by atoms with van der Waals surface area (Å²) in [6.45, 7) is 8.05. The Bertz CT molecular complexity index is 724. The van der Waals surface area contributed by atoms with Gasteiger partial charge < -0.3 is 10.2 Å². The monoisotopic (exact) mass is 467 g/mol. The molecule has 0 amide bonds. The Kier molecular flexibility index (Phi) is 7.93. The zero-order valence-corrected chi connectivity index (χ0v) is 18.3. The molecule has 2 heterocycles. The van der Waals surface area contributed by atoms with Crippen molar-refractivity contribution < 1.29 is 0 Å². The van der Waals surface area contributed by atoms with Crippen molar-refractivity contribution >= 4 is 29.9 Å². The number of benzene rings is 1. The quantitative estimate of drug-likeness (QED) is 0.417. The van der Waals surface area contributed by atoms with E-state index in [1.54, 1.807) is 0 Å². The molecule has 1 unspecified atom stereocenters. The van der Waals surface area contributed by atoms with Crippen LogP contribution in [0.5, 0.6) is 0 Å². The third-order valence-corrected chi connectivity index (χ3v) is 4.76. The molecule has 1 atom stereocenters. The molecular weight excluding hydrogens is 437 g/mol. The van der Waals surface area contributed by atoms with Gasteiger partial charge >= 0.3 is 0 Å². The van der Waals surface area contributed by atoms with Crippen molar-refractivity contribution in [2.75, 3.05) is 26.2 Å². The van der Waals surface area contributed by atoms with E-state index in [9.17, 15) is 0 Å². The highest BCUT2D eigenvalue weighted by molar-refractivity contribution is 14.0. The maximum Gasteiger partial charge on any atom is 0.193 e. The van der Waals surface area contributed by atoms with Crippen molar-refractivity contribution in [1.82, 2.24) is 20.0 Å². The number of halogens is 1. The zero-order valence-electron chi connectivity index (χ0n) is 16.0. The van der Waals surface area contributed by atoms with Gasteiger partial charge in [0.05, 0.1) is 6.20 Å². The molecule has 1 N–H and O–H groups in total. The summed E-state index contributed by atoms with van der Waals surface area (Å²) in [6, 6.07) is 8.69. The lowest BCUT2D eigenvalue weighted by Crippen LogP contribution is -2.40. The fourth-order valence-corrected chi connectivity index (χ4v) is 3.46. The van der Waals surface area contributed by atoms with Crippen LogP contribution in [0, 0.1) is 6.92 Å². The van der Waals surface area contributed by atoms with Gasteiger partial charge in [0.25, 0.3) is 0 Å². The summed E-state index contributed by atoms with van der Waals surface area (Å²) in [5, 5.41) is 7.76. The number of guanidine groups is 1. The lowest BCUT2D eigenvalue weighted by molar-refractivity contribution is 0.486. The van der Waals surface area contributed by atoms with Crippen LogP contribution in [0.1, 0.15) is 36.0 Å². The minimum absolute atomic E-state index is 0. The summed E-state index contributed by atoms with van der Waals surface area (Å²) in [4.78, 5) is 7.25. The van der Waals surface area contributed by atoms with Crippen LogP contribution in [0.15, 0.2) is 41.7 Å². The number of aryl methyl sites for hydroxylation is 2. The van der Waals surface area contributed by atoms with E-state index in [1.165, 1.54) is 16.7 Å². The van der Waals surface area contributed by atoms with E-state index < -0.39 is 0 Å². The number of aliphatic imine (C=N–C) groups is 1.